The van der Waals surface area contributed by atoms with E-state index < -0.39 is 12.2 Å². The molecule has 278 valence electrons. The van der Waals surface area contributed by atoms with E-state index in [0.717, 1.165) is 72.9 Å². The van der Waals surface area contributed by atoms with Crippen LogP contribution in [0.15, 0.2) is 48.5 Å². The van der Waals surface area contributed by atoms with Crippen molar-refractivity contribution >= 4 is 33.5 Å². The van der Waals surface area contributed by atoms with E-state index in [4.69, 9.17) is 28.4 Å². The molecule has 8 nitrogen and oxygen atoms in total. The van der Waals surface area contributed by atoms with Crippen LogP contribution < -0.4 is 9.47 Å². The van der Waals surface area contributed by atoms with Crippen LogP contribution in [-0.2, 0) is 28.5 Å². The van der Waals surface area contributed by atoms with Crippen molar-refractivity contribution in [1.82, 2.24) is 0 Å². The zero-order valence-corrected chi connectivity index (χ0v) is 31.2. The maximum Gasteiger partial charge on any atom is 0.306 e. The fourth-order valence-corrected chi connectivity index (χ4v) is 5.90. The van der Waals surface area contributed by atoms with E-state index in [9.17, 15) is 9.59 Å². The Labute approximate surface area is 300 Å². The van der Waals surface area contributed by atoms with Gasteiger partial charge in [0.1, 0.15) is 24.7 Å². The molecule has 0 spiro atoms. The second-order valence-electron chi connectivity index (χ2n) is 13.1. The summed E-state index contributed by atoms with van der Waals surface area (Å²) in [5.74, 6) is 0.945. The molecule has 3 rings (SSSR count). The molecule has 50 heavy (non-hydrogen) atoms. The van der Waals surface area contributed by atoms with Gasteiger partial charge < -0.3 is 28.4 Å². The van der Waals surface area contributed by atoms with Gasteiger partial charge in [-0.15, -0.1) is 0 Å². The Bertz CT molecular complexity index is 1230. The van der Waals surface area contributed by atoms with Crippen molar-refractivity contribution in [3.05, 3.63) is 48.5 Å². The lowest BCUT2D eigenvalue weighted by atomic mass is 10.0. The van der Waals surface area contributed by atoms with E-state index in [-0.39, 0.29) is 38.4 Å². The van der Waals surface area contributed by atoms with Gasteiger partial charge in [-0.3, -0.25) is 9.59 Å². The fourth-order valence-electron chi connectivity index (χ4n) is 5.90. The number of ether oxygens (including phenoxy) is 6. The molecule has 0 aliphatic rings. The molecule has 0 aromatic heterocycles. The molecule has 0 fully saturated rings. The average Bonchev–Trinajstić information content (AvgIpc) is 3.12. The summed E-state index contributed by atoms with van der Waals surface area (Å²) in [7, 11) is 0. The predicted octanol–water partition coefficient (Wildman–Crippen LogP) is 10.1. The van der Waals surface area contributed by atoms with Gasteiger partial charge in [-0.05, 0) is 25.7 Å². The zero-order valence-electron chi connectivity index (χ0n) is 31.2. The summed E-state index contributed by atoms with van der Waals surface area (Å²) in [5.41, 5.74) is 0. The summed E-state index contributed by atoms with van der Waals surface area (Å²) in [6.07, 6.45) is 12.1. The number of unbranched alkanes of at least 4 members (excludes halogenated alkanes) is 8. The number of benzene rings is 3. The molecule has 0 heterocycles. The number of rotatable bonds is 28. The van der Waals surface area contributed by atoms with Crippen molar-refractivity contribution in [2.45, 2.75) is 130 Å². The third-order valence-corrected chi connectivity index (χ3v) is 8.53. The van der Waals surface area contributed by atoms with Crippen LogP contribution in [0.3, 0.4) is 0 Å². The summed E-state index contributed by atoms with van der Waals surface area (Å²) in [4.78, 5) is 25.6. The number of esters is 2. The molecule has 2 atom stereocenters. The molecule has 0 saturated carbocycles. The quantitative estimate of drug-likeness (QED) is 0.0422. The molecule has 2 unspecified atom stereocenters. The van der Waals surface area contributed by atoms with Gasteiger partial charge in [0.2, 0.25) is 0 Å². The van der Waals surface area contributed by atoms with Gasteiger partial charge in [0.15, 0.2) is 12.2 Å². The number of hydrogen-bond acceptors (Lipinski definition) is 8. The van der Waals surface area contributed by atoms with Gasteiger partial charge in [0.05, 0.1) is 13.2 Å². The van der Waals surface area contributed by atoms with E-state index in [1.54, 1.807) is 0 Å². The smallest absolute Gasteiger partial charge is 0.306 e. The highest BCUT2D eigenvalue weighted by Gasteiger charge is 2.22. The molecular formula is C42H62O8. The van der Waals surface area contributed by atoms with E-state index in [1.165, 1.54) is 25.7 Å². The number of hydrogen-bond donors (Lipinski definition) is 0. The van der Waals surface area contributed by atoms with Crippen LogP contribution in [0.1, 0.15) is 118 Å². The molecule has 0 bridgehead atoms. The minimum atomic E-state index is -0.539. The minimum Gasteiger partial charge on any atom is -0.488 e. The summed E-state index contributed by atoms with van der Waals surface area (Å²) in [6, 6.07) is 15.9. The van der Waals surface area contributed by atoms with E-state index in [0.29, 0.717) is 37.6 Å². The fraction of sp³-hybridized carbons (Fsp3) is 0.619. The Kier molecular flexibility index (Phi) is 20.3. The molecule has 0 aliphatic heterocycles. The lowest BCUT2D eigenvalue weighted by molar-refractivity contribution is -0.155. The number of carbonyl (C=O) groups excluding carboxylic acids is 2. The first-order valence-corrected chi connectivity index (χ1v) is 19.3. The Morgan fingerprint density at radius 1 is 0.480 bits per heavy atom. The normalized spacial score (nSPS) is 12.6. The van der Waals surface area contributed by atoms with Gasteiger partial charge >= 0.3 is 11.9 Å². The maximum absolute atomic E-state index is 12.8. The Morgan fingerprint density at radius 2 is 0.840 bits per heavy atom. The van der Waals surface area contributed by atoms with Crippen LogP contribution in [0.25, 0.3) is 21.5 Å². The molecule has 0 N–H and O–H groups in total. The van der Waals surface area contributed by atoms with Crippen molar-refractivity contribution in [1.29, 1.82) is 0 Å². The highest BCUT2D eigenvalue weighted by atomic mass is 16.6. The Balaban J connectivity index is 1.80. The van der Waals surface area contributed by atoms with Crippen molar-refractivity contribution in [3.8, 4) is 11.5 Å². The molecule has 3 aromatic rings. The summed E-state index contributed by atoms with van der Waals surface area (Å²) in [5, 5.41) is 3.50. The van der Waals surface area contributed by atoms with Crippen LogP contribution in [0, 0.1) is 0 Å². The monoisotopic (exact) mass is 694 g/mol. The lowest BCUT2D eigenvalue weighted by Crippen LogP contribution is -2.30. The van der Waals surface area contributed by atoms with E-state index in [2.05, 4.69) is 27.7 Å². The Morgan fingerprint density at radius 3 is 1.18 bits per heavy atom. The van der Waals surface area contributed by atoms with Gasteiger partial charge in [0.25, 0.3) is 0 Å². The van der Waals surface area contributed by atoms with E-state index >= 15 is 0 Å². The zero-order chi connectivity index (χ0) is 35.8. The summed E-state index contributed by atoms with van der Waals surface area (Å²) < 4.78 is 36.5. The Hall–Kier alpha value is -3.36. The van der Waals surface area contributed by atoms with Gasteiger partial charge in [-0.25, -0.2) is 0 Å². The first kappa shape index (κ1) is 41.1. The van der Waals surface area contributed by atoms with Crippen molar-refractivity contribution in [2.24, 2.45) is 0 Å². The molecular weight excluding hydrogens is 632 g/mol. The van der Waals surface area contributed by atoms with Crippen LogP contribution in [0.4, 0.5) is 0 Å². The largest absolute Gasteiger partial charge is 0.488 e. The van der Waals surface area contributed by atoms with Crippen molar-refractivity contribution < 1.29 is 38.0 Å². The highest BCUT2D eigenvalue weighted by molar-refractivity contribution is 6.11. The van der Waals surface area contributed by atoms with Crippen LogP contribution in [0.5, 0.6) is 11.5 Å². The van der Waals surface area contributed by atoms with Crippen LogP contribution >= 0.6 is 0 Å². The second-order valence-corrected chi connectivity index (χ2v) is 13.1. The average molecular weight is 695 g/mol. The van der Waals surface area contributed by atoms with E-state index in [1.807, 2.05) is 48.5 Å². The topological polar surface area (TPSA) is 89.5 Å². The molecule has 3 aromatic carbocycles. The molecule has 0 aliphatic carbocycles. The van der Waals surface area contributed by atoms with Gasteiger partial charge in [0, 0.05) is 47.6 Å². The molecule has 0 saturated heterocycles. The first-order valence-electron chi connectivity index (χ1n) is 19.3. The molecule has 8 heteroatoms. The van der Waals surface area contributed by atoms with Crippen molar-refractivity contribution in [2.75, 3.05) is 39.6 Å². The lowest BCUT2D eigenvalue weighted by Gasteiger charge is -2.23. The number of fused-ring (bicyclic) bond motifs is 2. The van der Waals surface area contributed by atoms with Crippen LogP contribution in [-0.4, -0.2) is 63.8 Å². The standard InChI is InChI=1S/C42H62O8/c1-5-9-11-13-15-25-39(43)49-33(29-45-27-7-3)31-47-41-35-21-17-19-23-37(35)42(38-24-20-18-22-36(38)41)48-32-34(30-46-28-8-4)50-40(44)26-16-14-12-10-6-2/h17-24,33-34H,5-16,25-32H2,1-4H3. The van der Waals surface area contributed by atoms with Gasteiger partial charge in [-0.1, -0.05) is 128 Å². The summed E-state index contributed by atoms with van der Waals surface area (Å²) >= 11 is 0. The SMILES string of the molecule is CCCCCCCC(=O)OC(COCCC)COc1c2ccccc2c(OCC(COCCC)OC(=O)CCCCCCC)c2ccccc12. The molecule has 0 radical (unpaired) electrons. The second kappa shape index (κ2) is 24.7. The first-order chi connectivity index (χ1) is 24.5. The molecule has 0 amide bonds. The maximum atomic E-state index is 12.8. The van der Waals surface area contributed by atoms with Crippen molar-refractivity contribution in [3.63, 3.8) is 0 Å². The summed E-state index contributed by atoms with van der Waals surface area (Å²) in [6.45, 7) is 10.5. The third-order valence-electron chi connectivity index (χ3n) is 8.53. The number of carbonyl (C=O) groups is 2. The minimum absolute atomic E-state index is 0.157. The van der Waals surface area contributed by atoms with Gasteiger partial charge in [-0.2, -0.15) is 0 Å². The van der Waals surface area contributed by atoms with Crippen LogP contribution in [0.2, 0.25) is 0 Å². The predicted molar refractivity (Wildman–Crippen MR) is 201 cm³/mol. The third kappa shape index (κ3) is 14.5. The highest BCUT2D eigenvalue weighted by Crippen LogP contribution is 2.43.